The van der Waals surface area contributed by atoms with Crippen LogP contribution in [0.15, 0.2) is 12.2 Å². The minimum Gasteiger partial charge on any atom is -0.382 e. The molecule has 0 aromatic heterocycles. The molecule has 17 heavy (non-hydrogen) atoms. The lowest BCUT2D eigenvalue weighted by Gasteiger charge is -2.37. The first-order valence-corrected chi connectivity index (χ1v) is 6.29. The van der Waals surface area contributed by atoms with Gasteiger partial charge in [-0.1, -0.05) is 12.2 Å². The fraction of sp³-hybridized carbons (Fsp3) is 0.769. The highest BCUT2D eigenvalue weighted by atomic mass is 16.5. The van der Waals surface area contributed by atoms with Crippen LogP contribution in [-0.2, 0) is 14.3 Å². The van der Waals surface area contributed by atoms with E-state index in [1.54, 1.807) is 7.11 Å². The Morgan fingerprint density at radius 2 is 2.12 bits per heavy atom. The molecule has 0 bridgehead atoms. The fourth-order valence-corrected chi connectivity index (χ4v) is 2.58. The van der Waals surface area contributed by atoms with E-state index >= 15 is 0 Å². The third kappa shape index (κ3) is 3.07. The van der Waals surface area contributed by atoms with Crippen molar-refractivity contribution < 1.29 is 14.3 Å². The zero-order valence-electron chi connectivity index (χ0n) is 10.6. The molecule has 0 aromatic carbocycles. The van der Waals surface area contributed by atoms with Crippen LogP contribution in [0.25, 0.3) is 0 Å². The van der Waals surface area contributed by atoms with Gasteiger partial charge in [-0.25, -0.2) is 0 Å². The van der Waals surface area contributed by atoms with Gasteiger partial charge in [-0.15, -0.1) is 0 Å². The zero-order chi connectivity index (χ0) is 12.3. The molecule has 0 radical (unpaired) electrons. The van der Waals surface area contributed by atoms with Gasteiger partial charge < -0.3 is 14.4 Å². The van der Waals surface area contributed by atoms with Crippen LogP contribution in [-0.4, -0.2) is 49.8 Å². The molecule has 0 N–H and O–H groups in total. The SMILES string of the molecule is COC[C@H]1CN(C(=O)C2CC=CC2)C[C@H](C)O1. The van der Waals surface area contributed by atoms with Gasteiger partial charge in [0.25, 0.3) is 0 Å². The van der Waals surface area contributed by atoms with Crippen molar-refractivity contribution in [3.8, 4) is 0 Å². The van der Waals surface area contributed by atoms with Crippen molar-refractivity contribution in [1.29, 1.82) is 0 Å². The summed E-state index contributed by atoms with van der Waals surface area (Å²) in [5, 5.41) is 0. The number of rotatable bonds is 3. The third-order valence-electron chi connectivity index (χ3n) is 3.35. The highest BCUT2D eigenvalue weighted by Gasteiger charge is 2.32. The van der Waals surface area contributed by atoms with Crippen LogP contribution in [0, 0.1) is 5.92 Å². The summed E-state index contributed by atoms with van der Waals surface area (Å²) in [6, 6.07) is 0. The average Bonchev–Trinajstić information content (AvgIpc) is 2.81. The Hall–Kier alpha value is -0.870. The molecule has 96 valence electrons. The summed E-state index contributed by atoms with van der Waals surface area (Å²) in [6.45, 7) is 3.93. The van der Waals surface area contributed by atoms with Crippen LogP contribution in [0.2, 0.25) is 0 Å². The van der Waals surface area contributed by atoms with E-state index in [2.05, 4.69) is 12.2 Å². The van der Waals surface area contributed by atoms with E-state index in [1.807, 2.05) is 11.8 Å². The normalized spacial score (nSPS) is 29.9. The maximum Gasteiger partial charge on any atom is 0.226 e. The second-order valence-corrected chi connectivity index (χ2v) is 4.91. The molecule has 2 atom stereocenters. The Bertz CT molecular complexity index is 295. The number of allylic oxidation sites excluding steroid dienone is 2. The van der Waals surface area contributed by atoms with Gasteiger partial charge in [0, 0.05) is 26.1 Å². The molecule has 2 rings (SSSR count). The summed E-state index contributed by atoms with van der Waals surface area (Å²) in [5.41, 5.74) is 0. The Kier molecular flexibility index (Phi) is 4.18. The number of morpholine rings is 1. The Labute approximate surface area is 103 Å². The Balaban J connectivity index is 1.92. The van der Waals surface area contributed by atoms with Crippen LogP contribution in [0.5, 0.6) is 0 Å². The molecule has 0 aromatic rings. The number of nitrogens with zero attached hydrogens (tertiary/aromatic N) is 1. The Morgan fingerprint density at radius 3 is 2.76 bits per heavy atom. The minimum absolute atomic E-state index is 0.0158. The van der Waals surface area contributed by atoms with Gasteiger partial charge in [0.15, 0.2) is 0 Å². The van der Waals surface area contributed by atoms with Crippen LogP contribution < -0.4 is 0 Å². The van der Waals surface area contributed by atoms with Crippen LogP contribution in [0.4, 0.5) is 0 Å². The molecule has 4 heteroatoms. The lowest BCUT2D eigenvalue weighted by atomic mass is 10.0. The van der Waals surface area contributed by atoms with Crippen LogP contribution in [0.3, 0.4) is 0 Å². The number of ether oxygens (including phenoxy) is 2. The van der Waals surface area contributed by atoms with E-state index in [4.69, 9.17) is 9.47 Å². The number of hydrogen-bond donors (Lipinski definition) is 0. The van der Waals surface area contributed by atoms with Gasteiger partial charge in [0.1, 0.15) is 0 Å². The van der Waals surface area contributed by atoms with Crippen molar-refractivity contribution in [3.63, 3.8) is 0 Å². The second kappa shape index (κ2) is 5.65. The molecule has 0 saturated carbocycles. The predicted molar refractivity (Wildman–Crippen MR) is 64.7 cm³/mol. The largest absolute Gasteiger partial charge is 0.382 e. The molecule has 1 aliphatic heterocycles. The maximum atomic E-state index is 12.3. The lowest BCUT2D eigenvalue weighted by Crippen LogP contribution is -2.51. The fourth-order valence-electron chi connectivity index (χ4n) is 2.58. The molecule has 1 aliphatic carbocycles. The van der Waals surface area contributed by atoms with Gasteiger partial charge in [-0.05, 0) is 19.8 Å². The molecule has 0 spiro atoms. The molecular formula is C13H21NO3. The summed E-state index contributed by atoms with van der Waals surface area (Å²) in [6.07, 6.45) is 6.08. The summed E-state index contributed by atoms with van der Waals surface area (Å²) >= 11 is 0. The highest BCUT2D eigenvalue weighted by Crippen LogP contribution is 2.22. The van der Waals surface area contributed by atoms with Gasteiger partial charge in [0.05, 0.1) is 18.8 Å². The van der Waals surface area contributed by atoms with E-state index in [1.165, 1.54) is 0 Å². The maximum absolute atomic E-state index is 12.3. The van der Waals surface area contributed by atoms with Crippen molar-refractivity contribution in [2.45, 2.75) is 32.0 Å². The first kappa shape index (κ1) is 12.6. The predicted octanol–water partition coefficient (Wildman–Crippen LogP) is 1.21. The Morgan fingerprint density at radius 1 is 1.41 bits per heavy atom. The van der Waals surface area contributed by atoms with Gasteiger partial charge in [0.2, 0.25) is 5.91 Å². The van der Waals surface area contributed by atoms with Gasteiger partial charge in [-0.3, -0.25) is 4.79 Å². The third-order valence-corrected chi connectivity index (χ3v) is 3.35. The molecule has 1 saturated heterocycles. The van der Waals surface area contributed by atoms with Crippen molar-refractivity contribution in [3.05, 3.63) is 12.2 Å². The van der Waals surface area contributed by atoms with Crippen molar-refractivity contribution in [2.24, 2.45) is 5.92 Å². The topological polar surface area (TPSA) is 38.8 Å². The second-order valence-electron chi connectivity index (χ2n) is 4.91. The molecule has 1 fully saturated rings. The van der Waals surface area contributed by atoms with E-state index < -0.39 is 0 Å². The highest BCUT2D eigenvalue weighted by molar-refractivity contribution is 5.79. The number of carbonyl (C=O) groups excluding carboxylic acids is 1. The summed E-state index contributed by atoms with van der Waals surface area (Å²) in [5.74, 6) is 0.426. The molecule has 2 aliphatic rings. The zero-order valence-corrected chi connectivity index (χ0v) is 10.6. The van der Waals surface area contributed by atoms with Crippen molar-refractivity contribution >= 4 is 5.91 Å². The molecule has 1 heterocycles. The van der Waals surface area contributed by atoms with Crippen LogP contribution >= 0.6 is 0 Å². The van der Waals surface area contributed by atoms with Crippen LogP contribution in [0.1, 0.15) is 19.8 Å². The van der Waals surface area contributed by atoms with Crippen molar-refractivity contribution in [2.75, 3.05) is 26.8 Å². The summed E-state index contributed by atoms with van der Waals surface area (Å²) in [4.78, 5) is 14.2. The van der Waals surface area contributed by atoms with Crippen molar-refractivity contribution in [1.82, 2.24) is 4.90 Å². The van der Waals surface area contributed by atoms with E-state index in [0.29, 0.717) is 19.7 Å². The molecule has 0 unspecified atom stereocenters. The summed E-state index contributed by atoms with van der Waals surface area (Å²) < 4.78 is 10.8. The molecule has 4 nitrogen and oxygen atoms in total. The molecule has 1 amide bonds. The number of methoxy groups -OCH3 is 1. The van der Waals surface area contributed by atoms with Gasteiger partial charge in [-0.2, -0.15) is 0 Å². The lowest BCUT2D eigenvalue weighted by molar-refractivity contribution is -0.151. The monoisotopic (exact) mass is 239 g/mol. The van der Waals surface area contributed by atoms with E-state index in [-0.39, 0.29) is 24.0 Å². The van der Waals surface area contributed by atoms with Gasteiger partial charge >= 0.3 is 0 Å². The molecular weight excluding hydrogens is 218 g/mol. The first-order chi connectivity index (χ1) is 8.20. The van der Waals surface area contributed by atoms with E-state index in [9.17, 15) is 4.79 Å². The number of carbonyl (C=O) groups is 1. The van der Waals surface area contributed by atoms with E-state index in [0.717, 1.165) is 12.8 Å². The standard InChI is InChI=1S/C13H21NO3/c1-10-7-14(8-12(17-10)9-16-2)13(15)11-5-3-4-6-11/h3-4,10-12H,5-9H2,1-2H3/t10-,12+/m0/s1. The summed E-state index contributed by atoms with van der Waals surface area (Å²) in [7, 11) is 1.66. The number of amides is 1. The number of hydrogen-bond acceptors (Lipinski definition) is 3. The average molecular weight is 239 g/mol. The smallest absolute Gasteiger partial charge is 0.226 e. The first-order valence-electron chi connectivity index (χ1n) is 6.29. The quantitative estimate of drug-likeness (QED) is 0.695. The minimum atomic E-state index is 0.0158.